The predicted molar refractivity (Wildman–Crippen MR) is 87.2 cm³/mol. The standard InChI is InChI=1S/C14H24N4O2S/c1-4-5-9-18-13(20)11(12(19)16-14(18)21)10-15-7-6-8-17(2)3/h10,20H,4-9H2,1-3H3,(H,16,19,21)/p+1. The van der Waals surface area contributed by atoms with Crippen LogP contribution in [0, 0.1) is 4.77 Å². The van der Waals surface area contributed by atoms with E-state index in [1.807, 2.05) is 0 Å². The predicted octanol–water partition coefficient (Wildman–Crippen LogP) is 0.365. The maximum absolute atomic E-state index is 11.9. The number of hydrogen-bond acceptors (Lipinski definition) is 4. The molecule has 3 N–H and O–H groups in total. The summed E-state index contributed by atoms with van der Waals surface area (Å²) < 4.78 is 1.80. The van der Waals surface area contributed by atoms with Crippen LogP contribution in [0.2, 0.25) is 0 Å². The first-order valence-electron chi connectivity index (χ1n) is 7.32. The van der Waals surface area contributed by atoms with E-state index in [2.05, 4.69) is 31.0 Å². The van der Waals surface area contributed by atoms with Crippen LogP contribution < -0.4 is 10.5 Å². The molecule has 0 aliphatic carbocycles. The molecule has 6 nitrogen and oxygen atoms in total. The van der Waals surface area contributed by atoms with Crippen LogP contribution in [0.5, 0.6) is 5.88 Å². The first-order chi connectivity index (χ1) is 9.97. The van der Waals surface area contributed by atoms with Gasteiger partial charge in [-0.15, -0.1) is 0 Å². The van der Waals surface area contributed by atoms with Gasteiger partial charge in [-0.3, -0.25) is 19.3 Å². The lowest BCUT2D eigenvalue weighted by atomic mass is 10.3. The molecular weight excluding hydrogens is 288 g/mol. The van der Waals surface area contributed by atoms with E-state index < -0.39 is 5.56 Å². The van der Waals surface area contributed by atoms with Crippen molar-refractivity contribution in [3.63, 3.8) is 0 Å². The molecule has 1 aromatic rings. The molecule has 0 atom stereocenters. The van der Waals surface area contributed by atoms with Crippen LogP contribution in [0.25, 0.3) is 0 Å². The number of nitrogens with one attached hydrogen (secondary N) is 2. The van der Waals surface area contributed by atoms with Crippen LogP contribution in [-0.4, -0.2) is 48.1 Å². The van der Waals surface area contributed by atoms with Gasteiger partial charge in [0.15, 0.2) is 4.77 Å². The molecule has 1 heterocycles. The second-order valence-electron chi connectivity index (χ2n) is 5.35. The minimum atomic E-state index is -0.396. The summed E-state index contributed by atoms with van der Waals surface area (Å²) in [5.41, 5.74) is -0.218. The lowest BCUT2D eigenvalue weighted by Gasteiger charge is -2.10. The van der Waals surface area contributed by atoms with Gasteiger partial charge in [-0.1, -0.05) is 13.3 Å². The maximum Gasteiger partial charge on any atom is 0.264 e. The molecule has 0 unspecified atom stereocenters. The molecule has 7 heteroatoms. The largest absolute Gasteiger partial charge is 0.494 e. The summed E-state index contributed by atoms with van der Waals surface area (Å²) in [6, 6.07) is 0. The number of rotatable bonds is 8. The number of H-pyrrole nitrogens is 1. The summed E-state index contributed by atoms with van der Waals surface area (Å²) in [4.78, 5) is 20.0. The number of aromatic hydroxyl groups is 1. The average molecular weight is 313 g/mol. The van der Waals surface area contributed by atoms with Crippen molar-refractivity contribution < 1.29 is 10.0 Å². The molecule has 21 heavy (non-hydrogen) atoms. The summed E-state index contributed by atoms with van der Waals surface area (Å²) in [5, 5.41) is 10.2. The van der Waals surface area contributed by atoms with Gasteiger partial charge in [0.1, 0.15) is 5.56 Å². The Bertz CT molecular complexity index is 590. The molecule has 1 aromatic heterocycles. The van der Waals surface area contributed by atoms with E-state index in [4.69, 9.17) is 12.2 Å². The summed E-state index contributed by atoms with van der Waals surface area (Å²) >= 11 is 5.08. The highest BCUT2D eigenvalue weighted by Gasteiger charge is 2.10. The summed E-state index contributed by atoms with van der Waals surface area (Å²) in [6.07, 6.45) is 4.25. The number of quaternary nitrogens is 1. The summed E-state index contributed by atoms with van der Waals surface area (Å²) in [6.45, 7) is 4.29. The van der Waals surface area contributed by atoms with Crippen LogP contribution in [0.4, 0.5) is 0 Å². The van der Waals surface area contributed by atoms with Gasteiger partial charge in [-0.05, 0) is 18.6 Å². The molecule has 0 saturated heterocycles. The van der Waals surface area contributed by atoms with Crippen LogP contribution in [0.15, 0.2) is 9.79 Å². The number of aliphatic imine (C=N–C) groups is 1. The smallest absolute Gasteiger partial charge is 0.264 e. The van der Waals surface area contributed by atoms with E-state index in [-0.39, 0.29) is 16.2 Å². The van der Waals surface area contributed by atoms with Gasteiger partial charge in [-0.2, -0.15) is 0 Å². The molecule has 0 amide bonds. The highest BCUT2D eigenvalue weighted by atomic mass is 32.1. The van der Waals surface area contributed by atoms with Crippen molar-refractivity contribution in [1.29, 1.82) is 0 Å². The molecule has 0 aliphatic heterocycles. The van der Waals surface area contributed by atoms with Gasteiger partial charge < -0.3 is 10.0 Å². The zero-order valence-corrected chi connectivity index (χ0v) is 13.8. The fourth-order valence-electron chi connectivity index (χ4n) is 1.89. The summed E-state index contributed by atoms with van der Waals surface area (Å²) in [5.74, 6) is -0.0980. The van der Waals surface area contributed by atoms with E-state index in [1.165, 1.54) is 11.1 Å². The third-order valence-electron chi connectivity index (χ3n) is 3.13. The van der Waals surface area contributed by atoms with E-state index in [9.17, 15) is 9.90 Å². The molecule has 118 valence electrons. The molecule has 0 aromatic carbocycles. The van der Waals surface area contributed by atoms with Gasteiger partial charge >= 0.3 is 0 Å². The first kappa shape index (κ1) is 17.6. The second-order valence-corrected chi connectivity index (χ2v) is 5.73. The van der Waals surface area contributed by atoms with Crippen LogP contribution >= 0.6 is 12.2 Å². The Morgan fingerprint density at radius 1 is 1.43 bits per heavy atom. The Labute approximate surface area is 130 Å². The lowest BCUT2D eigenvalue weighted by Crippen LogP contribution is -3.05. The Morgan fingerprint density at radius 3 is 2.76 bits per heavy atom. The number of unbranched alkanes of at least 4 members (excludes halogenated alkanes) is 1. The minimum absolute atomic E-state index is 0.0980. The molecular formula is C14H25N4O2S+. The van der Waals surface area contributed by atoms with E-state index in [1.54, 1.807) is 4.57 Å². The molecule has 1 rings (SSSR count). The minimum Gasteiger partial charge on any atom is -0.494 e. The van der Waals surface area contributed by atoms with Crippen molar-refractivity contribution in [3.05, 3.63) is 20.7 Å². The van der Waals surface area contributed by atoms with Crippen molar-refractivity contribution in [1.82, 2.24) is 9.55 Å². The number of aromatic amines is 1. The van der Waals surface area contributed by atoms with Gasteiger partial charge in [0.05, 0.1) is 20.6 Å². The first-order valence-corrected chi connectivity index (χ1v) is 7.73. The van der Waals surface area contributed by atoms with Crippen molar-refractivity contribution in [2.75, 3.05) is 27.2 Å². The topological polar surface area (TPSA) is 74.8 Å². The van der Waals surface area contributed by atoms with Gasteiger partial charge in [0.2, 0.25) is 5.88 Å². The zero-order valence-electron chi connectivity index (χ0n) is 13.0. The highest BCUT2D eigenvalue weighted by Crippen LogP contribution is 2.12. The van der Waals surface area contributed by atoms with Crippen molar-refractivity contribution in [2.24, 2.45) is 4.99 Å². The molecule has 0 aliphatic rings. The van der Waals surface area contributed by atoms with Gasteiger partial charge in [-0.25, -0.2) is 0 Å². The monoisotopic (exact) mass is 313 g/mol. The fraction of sp³-hybridized carbons (Fsp3) is 0.643. The van der Waals surface area contributed by atoms with Crippen LogP contribution in [-0.2, 0) is 6.54 Å². The van der Waals surface area contributed by atoms with E-state index in [0.29, 0.717) is 13.1 Å². The van der Waals surface area contributed by atoms with Crippen molar-refractivity contribution in [2.45, 2.75) is 32.7 Å². The molecule has 0 bridgehead atoms. The quantitative estimate of drug-likeness (QED) is 0.369. The van der Waals surface area contributed by atoms with Crippen LogP contribution in [0.1, 0.15) is 31.7 Å². The van der Waals surface area contributed by atoms with E-state index in [0.717, 1.165) is 25.8 Å². The highest BCUT2D eigenvalue weighted by molar-refractivity contribution is 7.71. The Hall–Kier alpha value is -1.47. The Balaban J connectivity index is 2.89. The normalized spacial score (nSPS) is 11.6. The van der Waals surface area contributed by atoms with Crippen molar-refractivity contribution >= 4 is 18.4 Å². The maximum atomic E-state index is 11.9. The lowest BCUT2D eigenvalue weighted by molar-refractivity contribution is -0.858. The fourth-order valence-corrected chi connectivity index (χ4v) is 2.17. The zero-order chi connectivity index (χ0) is 15.8. The average Bonchev–Trinajstić information content (AvgIpc) is 2.41. The third-order valence-corrected chi connectivity index (χ3v) is 3.45. The molecule has 0 spiro atoms. The van der Waals surface area contributed by atoms with Crippen molar-refractivity contribution in [3.8, 4) is 5.88 Å². The Kier molecular flexibility index (Phi) is 7.31. The molecule has 0 saturated carbocycles. The third kappa shape index (κ3) is 5.43. The summed E-state index contributed by atoms with van der Waals surface area (Å²) in [7, 11) is 4.17. The van der Waals surface area contributed by atoms with Gasteiger partial charge in [0, 0.05) is 25.7 Å². The SMILES string of the molecule is CCCCn1c(O)c(C=NCCC[NH+](C)C)c(=O)[nH]c1=S. The Morgan fingerprint density at radius 2 is 2.14 bits per heavy atom. The number of nitrogens with zero attached hydrogens (tertiary/aromatic N) is 2. The molecule has 0 fully saturated rings. The second kappa shape index (κ2) is 8.74. The van der Waals surface area contributed by atoms with E-state index >= 15 is 0 Å². The number of hydrogen-bond donors (Lipinski definition) is 3. The van der Waals surface area contributed by atoms with Crippen LogP contribution in [0.3, 0.4) is 0 Å². The number of aromatic nitrogens is 2. The molecule has 0 radical (unpaired) electrons. The van der Waals surface area contributed by atoms with Gasteiger partial charge in [0.25, 0.3) is 5.56 Å².